The summed E-state index contributed by atoms with van der Waals surface area (Å²) < 4.78 is 0. The van der Waals surface area contributed by atoms with Gasteiger partial charge in [-0.2, -0.15) is 0 Å². The Kier molecular flexibility index (Phi) is 4.60. The lowest BCUT2D eigenvalue weighted by Crippen LogP contribution is -2.45. The number of aromatic nitrogens is 1. The predicted molar refractivity (Wildman–Crippen MR) is 95.2 cm³/mol. The molecule has 0 bridgehead atoms. The van der Waals surface area contributed by atoms with Gasteiger partial charge in [-0.1, -0.05) is 42.6 Å². The Morgan fingerprint density at radius 1 is 1.14 bits per heavy atom. The topological polar surface area (TPSA) is 37.0 Å². The zero-order valence-electron chi connectivity index (χ0n) is 12.2. The molecule has 0 amide bonds. The van der Waals surface area contributed by atoms with Crippen molar-refractivity contribution in [1.82, 2.24) is 10.3 Å². The second-order valence-corrected chi connectivity index (χ2v) is 6.41. The van der Waals surface area contributed by atoms with E-state index in [1.165, 1.54) is 18.4 Å². The maximum Gasteiger partial charge on any atom is 0.171 e. The van der Waals surface area contributed by atoms with Crippen LogP contribution in [0.15, 0.2) is 48.8 Å². The third kappa shape index (κ3) is 3.23. The number of nitrogens with zero attached hydrogens (tertiary/aromatic N) is 1. The van der Waals surface area contributed by atoms with Crippen molar-refractivity contribution in [1.29, 1.82) is 0 Å². The normalized spacial score (nSPS) is 16.2. The Bertz CT molecular complexity index is 654. The van der Waals surface area contributed by atoms with E-state index in [9.17, 15) is 0 Å². The number of halogens is 1. The Hall–Kier alpha value is -1.65. The summed E-state index contributed by atoms with van der Waals surface area (Å²) in [5, 5.41) is 7.96. The SMILES string of the molecule is S=C(Nc1ccccc1Cl)NC1(c2cccnc2)CCCC1. The van der Waals surface area contributed by atoms with Gasteiger partial charge in [-0.15, -0.1) is 0 Å². The van der Waals surface area contributed by atoms with Crippen LogP contribution in [0.4, 0.5) is 5.69 Å². The molecule has 1 aromatic heterocycles. The first-order valence-electron chi connectivity index (χ1n) is 7.44. The number of benzene rings is 1. The third-order valence-electron chi connectivity index (χ3n) is 4.15. The number of pyridine rings is 1. The van der Waals surface area contributed by atoms with Crippen LogP contribution in [0.25, 0.3) is 0 Å². The van der Waals surface area contributed by atoms with E-state index in [2.05, 4.69) is 21.7 Å². The van der Waals surface area contributed by atoms with Crippen molar-refractivity contribution < 1.29 is 0 Å². The van der Waals surface area contributed by atoms with Crippen LogP contribution < -0.4 is 10.6 Å². The molecule has 1 fully saturated rings. The van der Waals surface area contributed by atoms with Crippen molar-refractivity contribution in [3.8, 4) is 0 Å². The largest absolute Gasteiger partial charge is 0.353 e. The van der Waals surface area contributed by atoms with Crippen molar-refractivity contribution in [3.63, 3.8) is 0 Å². The minimum Gasteiger partial charge on any atom is -0.353 e. The molecule has 1 aliphatic carbocycles. The molecule has 0 aliphatic heterocycles. The van der Waals surface area contributed by atoms with Gasteiger partial charge >= 0.3 is 0 Å². The fourth-order valence-corrected chi connectivity index (χ4v) is 3.53. The first-order valence-corrected chi connectivity index (χ1v) is 8.22. The quantitative estimate of drug-likeness (QED) is 0.812. The lowest BCUT2D eigenvalue weighted by Gasteiger charge is -2.32. The molecule has 2 aromatic rings. The van der Waals surface area contributed by atoms with Gasteiger partial charge in [-0.05, 0) is 48.8 Å². The van der Waals surface area contributed by atoms with E-state index < -0.39 is 0 Å². The van der Waals surface area contributed by atoms with Gasteiger partial charge in [-0.3, -0.25) is 4.98 Å². The second-order valence-electron chi connectivity index (χ2n) is 5.59. The number of rotatable bonds is 3. The first kappa shape index (κ1) is 15.3. The molecule has 1 aliphatic rings. The zero-order valence-corrected chi connectivity index (χ0v) is 13.8. The van der Waals surface area contributed by atoms with Crippen molar-refractivity contribution in [2.75, 3.05) is 5.32 Å². The molecule has 3 nitrogen and oxygen atoms in total. The molecule has 22 heavy (non-hydrogen) atoms. The maximum absolute atomic E-state index is 6.18. The van der Waals surface area contributed by atoms with Crippen LogP contribution in [-0.2, 0) is 5.54 Å². The van der Waals surface area contributed by atoms with Gasteiger partial charge in [0.1, 0.15) is 0 Å². The minimum absolute atomic E-state index is 0.125. The van der Waals surface area contributed by atoms with Gasteiger partial charge in [0.05, 0.1) is 16.2 Å². The van der Waals surface area contributed by atoms with E-state index >= 15 is 0 Å². The first-order chi connectivity index (χ1) is 10.7. The fourth-order valence-electron chi connectivity index (χ4n) is 3.04. The number of anilines is 1. The van der Waals surface area contributed by atoms with Gasteiger partial charge < -0.3 is 10.6 Å². The van der Waals surface area contributed by atoms with Crippen molar-refractivity contribution in [2.45, 2.75) is 31.2 Å². The van der Waals surface area contributed by atoms with E-state index in [0.717, 1.165) is 18.5 Å². The summed E-state index contributed by atoms with van der Waals surface area (Å²) in [7, 11) is 0. The van der Waals surface area contributed by atoms with E-state index in [1.54, 1.807) is 6.20 Å². The molecule has 0 atom stereocenters. The lowest BCUT2D eigenvalue weighted by atomic mass is 9.89. The highest BCUT2D eigenvalue weighted by molar-refractivity contribution is 7.80. The summed E-state index contributed by atoms with van der Waals surface area (Å²) in [4.78, 5) is 4.25. The highest BCUT2D eigenvalue weighted by Gasteiger charge is 2.36. The molecular formula is C17H18ClN3S. The molecule has 5 heteroatoms. The average Bonchev–Trinajstić information content (AvgIpc) is 3.00. The average molecular weight is 332 g/mol. The van der Waals surface area contributed by atoms with Gasteiger partial charge in [0.25, 0.3) is 0 Å². The summed E-state index contributed by atoms with van der Waals surface area (Å²) in [6.07, 6.45) is 8.22. The Labute approximate surface area is 141 Å². The van der Waals surface area contributed by atoms with Crippen LogP contribution in [0.1, 0.15) is 31.2 Å². The third-order valence-corrected chi connectivity index (χ3v) is 4.68. The molecule has 0 radical (unpaired) electrons. The fraction of sp³-hybridized carbons (Fsp3) is 0.294. The van der Waals surface area contributed by atoms with Crippen LogP contribution in [0.3, 0.4) is 0 Å². The Morgan fingerprint density at radius 3 is 2.59 bits per heavy atom. The molecule has 1 aromatic carbocycles. The second kappa shape index (κ2) is 6.63. The minimum atomic E-state index is -0.125. The molecule has 2 N–H and O–H groups in total. The molecule has 0 unspecified atom stereocenters. The number of hydrogen-bond acceptors (Lipinski definition) is 2. The lowest BCUT2D eigenvalue weighted by molar-refractivity contribution is 0.407. The van der Waals surface area contributed by atoms with Crippen molar-refractivity contribution in [2.24, 2.45) is 0 Å². The van der Waals surface area contributed by atoms with E-state index in [0.29, 0.717) is 10.1 Å². The van der Waals surface area contributed by atoms with Crippen LogP contribution >= 0.6 is 23.8 Å². The van der Waals surface area contributed by atoms with Gasteiger partial charge in [0, 0.05) is 12.4 Å². The van der Waals surface area contributed by atoms with Crippen molar-refractivity contribution in [3.05, 3.63) is 59.4 Å². The van der Waals surface area contributed by atoms with Gasteiger partial charge in [-0.25, -0.2) is 0 Å². The highest BCUT2D eigenvalue weighted by atomic mass is 35.5. The monoisotopic (exact) mass is 331 g/mol. The van der Waals surface area contributed by atoms with Gasteiger partial charge in [0.15, 0.2) is 5.11 Å². The molecule has 3 rings (SSSR count). The summed E-state index contributed by atoms with van der Waals surface area (Å²) in [5.41, 5.74) is 1.89. The summed E-state index contributed by atoms with van der Waals surface area (Å²) in [6, 6.07) is 11.7. The highest BCUT2D eigenvalue weighted by Crippen LogP contribution is 2.38. The Balaban J connectivity index is 1.77. The molecule has 1 heterocycles. The van der Waals surface area contributed by atoms with E-state index in [1.807, 2.05) is 36.5 Å². The van der Waals surface area contributed by atoms with Gasteiger partial charge in [0.2, 0.25) is 0 Å². The smallest absolute Gasteiger partial charge is 0.171 e. The molecule has 0 saturated heterocycles. The van der Waals surface area contributed by atoms with Crippen molar-refractivity contribution >= 4 is 34.6 Å². The van der Waals surface area contributed by atoms with E-state index in [-0.39, 0.29) is 5.54 Å². The summed E-state index contributed by atoms with van der Waals surface area (Å²) >= 11 is 11.7. The van der Waals surface area contributed by atoms with Crippen LogP contribution in [0.5, 0.6) is 0 Å². The number of hydrogen-bond donors (Lipinski definition) is 2. The number of para-hydroxylation sites is 1. The molecular weight excluding hydrogens is 314 g/mol. The molecule has 0 spiro atoms. The standard InChI is InChI=1S/C17H18ClN3S/c18-14-7-1-2-8-15(14)20-16(22)21-17(9-3-4-10-17)13-6-5-11-19-12-13/h1-2,5-8,11-12H,3-4,9-10H2,(H2,20,21,22). The zero-order chi connectivity index (χ0) is 15.4. The van der Waals surface area contributed by atoms with E-state index in [4.69, 9.17) is 23.8 Å². The van der Waals surface area contributed by atoms with Crippen LogP contribution in [-0.4, -0.2) is 10.1 Å². The number of nitrogens with one attached hydrogen (secondary N) is 2. The Morgan fingerprint density at radius 2 is 1.91 bits per heavy atom. The molecule has 1 saturated carbocycles. The number of thiocarbonyl (C=S) groups is 1. The summed E-state index contributed by atoms with van der Waals surface area (Å²) in [5.74, 6) is 0. The van der Waals surface area contributed by atoms with Crippen LogP contribution in [0.2, 0.25) is 5.02 Å². The van der Waals surface area contributed by atoms with Crippen LogP contribution in [0, 0.1) is 0 Å². The maximum atomic E-state index is 6.18. The summed E-state index contributed by atoms with van der Waals surface area (Å²) in [6.45, 7) is 0. The molecule has 114 valence electrons. The predicted octanol–water partition coefficient (Wildman–Crippen LogP) is 4.49.